The molecule has 1 N–H and O–H groups in total. The molecule has 6 nitrogen and oxygen atoms in total. The first kappa shape index (κ1) is 17.7. The minimum Gasteiger partial charge on any atom is -0.339 e. The number of piperidine rings is 1. The first-order valence-electron chi connectivity index (χ1n) is 9.18. The number of aromatic amines is 1. The van der Waals surface area contributed by atoms with E-state index in [1.54, 1.807) is 6.92 Å². The highest BCUT2D eigenvalue weighted by Gasteiger charge is 2.31. The van der Waals surface area contributed by atoms with Crippen LogP contribution in [0.4, 0.5) is 0 Å². The van der Waals surface area contributed by atoms with Crippen molar-refractivity contribution in [3.8, 4) is 6.07 Å². The van der Waals surface area contributed by atoms with Crippen molar-refractivity contribution in [2.75, 3.05) is 26.2 Å². The smallest absolute Gasteiger partial charge is 0.266 e. The molecule has 25 heavy (non-hydrogen) atoms. The van der Waals surface area contributed by atoms with E-state index in [1.807, 2.05) is 11.0 Å². The molecule has 0 spiro atoms. The lowest BCUT2D eigenvalue weighted by Gasteiger charge is -2.38. The number of aromatic nitrogens is 1. The molecule has 1 amide bonds. The summed E-state index contributed by atoms with van der Waals surface area (Å²) in [4.78, 5) is 31.4. The topological polar surface area (TPSA) is 80.2 Å². The highest BCUT2D eigenvalue weighted by Crippen LogP contribution is 2.27. The summed E-state index contributed by atoms with van der Waals surface area (Å²) in [5, 5.41) is 9.12. The fraction of sp³-hybridized carbons (Fsp3) is 0.632. The Hall–Kier alpha value is -2.13. The zero-order chi connectivity index (χ0) is 18.0. The van der Waals surface area contributed by atoms with E-state index < -0.39 is 5.56 Å². The number of carbonyl (C=O) groups excluding carboxylic acids is 1. The Kier molecular flexibility index (Phi) is 5.24. The molecule has 2 fully saturated rings. The Morgan fingerprint density at radius 1 is 1.28 bits per heavy atom. The molecule has 0 saturated carbocycles. The standard InChI is InChI=1S/C19H26N4O2/c1-13-16(11-20)18(24)21-12-17(13)19(25)23-9-5-15(6-10-23)14(2)22-7-3-4-8-22/h12,14-15H,3-10H2,1-2H3,(H,21,24). The van der Waals surface area contributed by atoms with Crippen LogP contribution in [0.25, 0.3) is 0 Å². The van der Waals surface area contributed by atoms with Crippen LogP contribution in [0.15, 0.2) is 11.0 Å². The molecule has 0 aromatic carbocycles. The van der Waals surface area contributed by atoms with Gasteiger partial charge < -0.3 is 14.8 Å². The highest BCUT2D eigenvalue weighted by molar-refractivity contribution is 5.95. The lowest BCUT2D eigenvalue weighted by atomic mass is 9.89. The van der Waals surface area contributed by atoms with E-state index in [0.29, 0.717) is 23.1 Å². The van der Waals surface area contributed by atoms with Crippen LogP contribution in [-0.2, 0) is 0 Å². The molecule has 2 aliphatic heterocycles. The highest BCUT2D eigenvalue weighted by atomic mass is 16.2. The van der Waals surface area contributed by atoms with Gasteiger partial charge in [0, 0.05) is 25.3 Å². The normalized spacial score (nSPS) is 20.4. The number of rotatable bonds is 3. The van der Waals surface area contributed by atoms with E-state index >= 15 is 0 Å². The number of nitrogens with one attached hydrogen (secondary N) is 1. The molecule has 0 radical (unpaired) electrons. The van der Waals surface area contributed by atoms with Gasteiger partial charge in [-0.2, -0.15) is 5.26 Å². The van der Waals surface area contributed by atoms with Gasteiger partial charge in [-0.1, -0.05) is 0 Å². The van der Waals surface area contributed by atoms with Gasteiger partial charge in [-0.05, 0) is 64.1 Å². The lowest BCUT2D eigenvalue weighted by Crippen LogP contribution is -2.45. The number of carbonyl (C=O) groups is 1. The van der Waals surface area contributed by atoms with Crippen LogP contribution in [0.1, 0.15) is 54.1 Å². The molecule has 3 heterocycles. The van der Waals surface area contributed by atoms with Crippen molar-refractivity contribution in [1.82, 2.24) is 14.8 Å². The van der Waals surface area contributed by atoms with E-state index in [9.17, 15) is 9.59 Å². The van der Waals surface area contributed by atoms with Crippen LogP contribution in [0.5, 0.6) is 0 Å². The first-order chi connectivity index (χ1) is 12.0. The van der Waals surface area contributed by atoms with Crippen LogP contribution in [0, 0.1) is 24.2 Å². The van der Waals surface area contributed by atoms with E-state index in [0.717, 1.165) is 25.9 Å². The van der Waals surface area contributed by atoms with Crippen LogP contribution < -0.4 is 5.56 Å². The third-order valence-electron chi connectivity index (χ3n) is 5.92. The molecule has 3 rings (SSSR count). The van der Waals surface area contributed by atoms with Gasteiger partial charge in [0.05, 0.1) is 5.56 Å². The van der Waals surface area contributed by atoms with Crippen LogP contribution >= 0.6 is 0 Å². The molecule has 1 aromatic rings. The van der Waals surface area contributed by atoms with Crippen molar-refractivity contribution in [2.45, 2.75) is 45.6 Å². The van der Waals surface area contributed by atoms with Gasteiger partial charge in [-0.15, -0.1) is 0 Å². The Balaban J connectivity index is 1.66. The van der Waals surface area contributed by atoms with Crippen molar-refractivity contribution in [3.05, 3.63) is 33.2 Å². The van der Waals surface area contributed by atoms with Crippen molar-refractivity contribution >= 4 is 5.91 Å². The average Bonchev–Trinajstić information content (AvgIpc) is 3.16. The van der Waals surface area contributed by atoms with Gasteiger partial charge in [-0.25, -0.2) is 0 Å². The molecule has 0 aliphatic carbocycles. The second-order valence-corrected chi connectivity index (χ2v) is 7.26. The third kappa shape index (κ3) is 3.47. The number of H-pyrrole nitrogens is 1. The second kappa shape index (κ2) is 7.40. The third-order valence-corrected chi connectivity index (χ3v) is 5.92. The monoisotopic (exact) mass is 342 g/mol. The predicted octanol–water partition coefficient (Wildman–Crippen LogP) is 1.89. The molecule has 134 valence electrons. The summed E-state index contributed by atoms with van der Waals surface area (Å²) in [6.45, 7) is 7.87. The summed E-state index contributed by atoms with van der Waals surface area (Å²) in [5.41, 5.74) is 0.504. The minimum absolute atomic E-state index is 0.0309. The average molecular weight is 342 g/mol. The van der Waals surface area contributed by atoms with Gasteiger partial charge >= 0.3 is 0 Å². The Morgan fingerprint density at radius 3 is 2.52 bits per heavy atom. The summed E-state index contributed by atoms with van der Waals surface area (Å²) in [6, 6.07) is 2.48. The zero-order valence-corrected chi connectivity index (χ0v) is 15.0. The maximum atomic E-state index is 12.8. The molecule has 1 atom stereocenters. The van der Waals surface area contributed by atoms with Crippen LogP contribution in [-0.4, -0.2) is 52.9 Å². The van der Waals surface area contributed by atoms with Crippen molar-refractivity contribution < 1.29 is 4.79 Å². The minimum atomic E-state index is -0.435. The number of likely N-dealkylation sites (tertiary alicyclic amines) is 2. The lowest BCUT2D eigenvalue weighted by molar-refractivity contribution is 0.0623. The van der Waals surface area contributed by atoms with Crippen LogP contribution in [0.3, 0.4) is 0 Å². The van der Waals surface area contributed by atoms with Crippen molar-refractivity contribution in [3.63, 3.8) is 0 Å². The number of pyridine rings is 1. The molecule has 1 aromatic heterocycles. The summed E-state index contributed by atoms with van der Waals surface area (Å²) in [6.07, 6.45) is 6.07. The SMILES string of the molecule is Cc1c(C(=O)N2CCC(C(C)N3CCCC3)CC2)c[nH]c(=O)c1C#N. The Bertz CT molecular complexity index is 735. The summed E-state index contributed by atoms with van der Waals surface area (Å²) >= 11 is 0. The number of hydrogen-bond acceptors (Lipinski definition) is 4. The zero-order valence-electron chi connectivity index (χ0n) is 15.0. The molecule has 1 unspecified atom stereocenters. The molecular weight excluding hydrogens is 316 g/mol. The number of amides is 1. The van der Waals surface area contributed by atoms with Gasteiger partial charge in [0.25, 0.3) is 11.5 Å². The summed E-state index contributed by atoms with van der Waals surface area (Å²) in [7, 11) is 0. The fourth-order valence-corrected chi connectivity index (χ4v) is 4.18. The molecule has 0 bridgehead atoms. The first-order valence-corrected chi connectivity index (χ1v) is 9.18. The molecular formula is C19H26N4O2. The second-order valence-electron chi connectivity index (χ2n) is 7.26. The maximum absolute atomic E-state index is 12.8. The van der Waals surface area contributed by atoms with Crippen LogP contribution in [0.2, 0.25) is 0 Å². The number of nitriles is 1. The van der Waals surface area contributed by atoms with Crippen molar-refractivity contribution in [1.29, 1.82) is 5.26 Å². The predicted molar refractivity (Wildman–Crippen MR) is 95.4 cm³/mol. The Labute approximate surface area is 148 Å². The summed E-state index contributed by atoms with van der Waals surface area (Å²) < 4.78 is 0. The number of hydrogen-bond donors (Lipinski definition) is 1. The molecule has 2 aliphatic rings. The van der Waals surface area contributed by atoms with E-state index in [-0.39, 0.29) is 11.5 Å². The quantitative estimate of drug-likeness (QED) is 0.910. The van der Waals surface area contributed by atoms with E-state index in [4.69, 9.17) is 5.26 Å². The molecule has 6 heteroatoms. The largest absolute Gasteiger partial charge is 0.339 e. The van der Waals surface area contributed by atoms with E-state index in [1.165, 1.54) is 32.1 Å². The van der Waals surface area contributed by atoms with Crippen molar-refractivity contribution in [2.24, 2.45) is 5.92 Å². The molecule has 2 saturated heterocycles. The van der Waals surface area contributed by atoms with Gasteiger partial charge in [-0.3, -0.25) is 9.59 Å². The van der Waals surface area contributed by atoms with Gasteiger partial charge in [0.2, 0.25) is 0 Å². The van der Waals surface area contributed by atoms with Gasteiger partial charge in [0.1, 0.15) is 11.6 Å². The fourth-order valence-electron chi connectivity index (χ4n) is 4.18. The number of nitrogens with zero attached hydrogens (tertiary/aromatic N) is 3. The van der Waals surface area contributed by atoms with Gasteiger partial charge in [0.15, 0.2) is 0 Å². The summed E-state index contributed by atoms with van der Waals surface area (Å²) in [5.74, 6) is 0.547. The maximum Gasteiger partial charge on any atom is 0.266 e. The Morgan fingerprint density at radius 2 is 1.92 bits per heavy atom. The van der Waals surface area contributed by atoms with E-state index in [2.05, 4.69) is 16.8 Å².